The molecule has 0 saturated heterocycles. The molecule has 0 radical (unpaired) electrons. The van der Waals surface area contributed by atoms with Crippen molar-refractivity contribution < 1.29 is 5.11 Å². The van der Waals surface area contributed by atoms with E-state index < -0.39 is 0 Å². The second-order valence-corrected chi connectivity index (χ2v) is 4.93. The number of nitrogens with zero attached hydrogens (tertiary/aromatic N) is 1. The molecule has 1 N–H and O–H groups in total. The molecule has 0 bridgehead atoms. The SMILES string of the molecule is Oc1cc2c(cc1Cl)CCCN(Br)C2. The fraction of sp³-hybridized carbons (Fsp3) is 0.400. The number of rotatable bonds is 0. The maximum absolute atomic E-state index is 9.49. The standard InChI is InChI=1S/C10H11BrClNO/c11-13-3-1-2-7-4-9(12)10(14)5-8(7)6-13/h4-5,14H,1-3,6H2. The van der Waals surface area contributed by atoms with Gasteiger partial charge in [0.05, 0.1) is 5.02 Å². The van der Waals surface area contributed by atoms with Gasteiger partial charge in [0.25, 0.3) is 0 Å². The average Bonchev–Trinajstić information content (AvgIpc) is 2.28. The minimum Gasteiger partial charge on any atom is -0.506 e. The molecular formula is C10H11BrClNO. The summed E-state index contributed by atoms with van der Waals surface area (Å²) in [5.41, 5.74) is 2.40. The Morgan fingerprint density at radius 2 is 2.14 bits per heavy atom. The number of benzene rings is 1. The summed E-state index contributed by atoms with van der Waals surface area (Å²) in [6, 6.07) is 3.63. The summed E-state index contributed by atoms with van der Waals surface area (Å²) in [6.07, 6.45) is 2.14. The Labute approximate surface area is 96.8 Å². The molecule has 1 aromatic carbocycles. The highest BCUT2D eigenvalue weighted by molar-refractivity contribution is 9.07. The fourth-order valence-corrected chi connectivity index (χ4v) is 2.44. The van der Waals surface area contributed by atoms with E-state index in [-0.39, 0.29) is 5.75 Å². The highest BCUT2D eigenvalue weighted by atomic mass is 79.9. The summed E-state index contributed by atoms with van der Waals surface area (Å²) in [6.45, 7) is 1.84. The molecule has 4 heteroatoms. The third-order valence-corrected chi connectivity index (χ3v) is 3.37. The Morgan fingerprint density at radius 1 is 1.36 bits per heavy atom. The van der Waals surface area contributed by atoms with Crippen molar-refractivity contribution in [2.75, 3.05) is 6.54 Å². The number of halogens is 2. The van der Waals surface area contributed by atoms with E-state index in [9.17, 15) is 5.11 Å². The van der Waals surface area contributed by atoms with Crippen LogP contribution in [-0.4, -0.2) is 15.6 Å². The van der Waals surface area contributed by atoms with E-state index in [1.54, 1.807) is 6.07 Å². The second-order valence-electron chi connectivity index (χ2n) is 3.52. The lowest BCUT2D eigenvalue weighted by Crippen LogP contribution is -2.09. The van der Waals surface area contributed by atoms with Gasteiger partial charge in [0, 0.05) is 29.2 Å². The van der Waals surface area contributed by atoms with Crippen LogP contribution in [0.15, 0.2) is 12.1 Å². The molecule has 1 aliphatic heterocycles. The summed E-state index contributed by atoms with van der Waals surface area (Å²) < 4.78 is 2.08. The van der Waals surface area contributed by atoms with Crippen LogP contribution >= 0.6 is 27.7 Å². The van der Waals surface area contributed by atoms with Gasteiger partial charge in [-0.2, -0.15) is 0 Å². The molecule has 0 atom stereocenters. The van der Waals surface area contributed by atoms with E-state index in [1.165, 1.54) is 5.56 Å². The van der Waals surface area contributed by atoms with Gasteiger partial charge in [0.15, 0.2) is 0 Å². The van der Waals surface area contributed by atoms with Crippen molar-refractivity contribution in [1.82, 2.24) is 3.93 Å². The van der Waals surface area contributed by atoms with Crippen LogP contribution in [-0.2, 0) is 13.0 Å². The van der Waals surface area contributed by atoms with Crippen LogP contribution in [0.5, 0.6) is 5.75 Å². The van der Waals surface area contributed by atoms with E-state index in [1.807, 2.05) is 6.07 Å². The molecule has 14 heavy (non-hydrogen) atoms. The molecule has 2 nitrogen and oxygen atoms in total. The monoisotopic (exact) mass is 275 g/mol. The van der Waals surface area contributed by atoms with E-state index in [4.69, 9.17) is 11.6 Å². The van der Waals surface area contributed by atoms with Crippen LogP contribution in [0.1, 0.15) is 17.5 Å². The minimum atomic E-state index is 0.174. The van der Waals surface area contributed by atoms with Crippen LogP contribution < -0.4 is 0 Å². The number of phenols is 1. The molecule has 0 fully saturated rings. The van der Waals surface area contributed by atoms with Crippen LogP contribution in [0.2, 0.25) is 5.02 Å². The molecule has 0 spiro atoms. The first-order valence-corrected chi connectivity index (χ1v) is 5.66. The Bertz CT molecular complexity index is 356. The number of phenolic OH excluding ortho intramolecular Hbond substituents is 1. The highest BCUT2D eigenvalue weighted by Gasteiger charge is 2.14. The summed E-state index contributed by atoms with van der Waals surface area (Å²) in [5.74, 6) is 0.174. The molecule has 2 rings (SSSR count). The number of aryl methyl sites for hydroxylation is 1. The van der Waals surface area contributed by atoms with Crippen LogP contribution in [0.25, 0.3) is 0 Å². The van der Waals surface area contributed by atoms with E-state index in [0.717, 1.165) is 31.5 Å². The van der Waals surface area contributed by atoms with Gasteiger partial charge < -0.3 is 5.11 Å². The van der Waals surface area contributed by atoms with Gasteiger partial charge in [-0.05, 0) is 36.1 Å². The molecule has 1 aromatic rings. The molecule has 0 unspecified atom stereocenters. The number of fused-ring (bicyclic) bond motifs is 1. The van der Waals surface area contributed by atoms with E-state index in [0.29, 0.717) is 5.02 Å². The Balaban J connectivity index is 2.41. The first-order valence-electron chi connectivity index (χ1n) is 4.58. The third kappa shape index (κ3) is 2.05. The van der Waals surface area contributed by atoms with Crippen molar-refractivity contribution in [3.05, 3.63) is 28.3 Å². The van der Waals surface area contributed by atoms with Crippen molar-refractivity contribution >= 4 is 27.7 Å². The Morgan fingerprint density at radius 3 is 2.93 bits per heavy atom. The summed E-state index contributed by atoms with van der Waals surface area (Å²) in [5, 5.41) is 9.94. The molecule has 0 aromatic heterocycles. The molecule has 0 amide bonds. The van der Waals surface area contributed by atoms with Crippen molar-refractivity contribution in [3.8, 4) is 5.75 Å². The summed E-state index contributed by atoms with van der Waals surface area (Å²) in [7, 11) is 0. The van der Waals surface area contributed by atoms with Gasteiger partial charge in [-0.1, -0.05) is 11.6 Å². The van der Waals surface area contributed by atoms with Gasteiger partial charge in [-0.15, -0.1) is 0 Å². The Hall–Kier alpha value is -0.250. The van der Waals surface area contributed by atoms with Crippen molar-refractivity contribution in [2.24, 2.45) is 0 Å². The predicted octanol–water partition coefficient (Wildman–Crippen LogP) is 3.10. The summed E-state index contributed by atoms with van der Waals surface area (Å²) >= 11 is 9.33. The topological polar surface area (TPSA) is 23.5 Å². The zero-order valence-electron chi connectivity index (χ0n) is 7.63. The van der Waals surface area contributed by atoms with Gasteiger partial charge in [-0.3, -0.25) is 0 Å². The molecule has 1 aliphatic rings. The summed E-state index contributed by atoms with van der Waals surface area (Å²) in [4.78, 5) is 0. The van der Waals surface area contributed by atoms with Crippen LogP contribution in [0.4, 0.5) is 0 Å². The quantitative estimate of drug-likeness (QED) is 0.736. The third-order valence-electron chi connectivity index (χ3n) is 2.46. The zero-order chi connectivity index (χ0) is 10.1. The van der Waals surface area contributed by atoms with Crippen LogP contribution in [0.3, 0.4) is 0 Å². The molecule has 0 aliphatic carbocycles. The van der Waals surface area contributed by atoms with E-state index in [2.05, 4.69) is 20.1 Å². The first kappa shape index (κ1) is 10.3. The number of hydrogen-bond acceptors (Lipinski definition) is 2. The van der Waals surface area contributed by atoms with Crippen molar-refractivity contribution in [3.63, 3.8) is 0 Å². The maximum atomic E-state index is 9.49. The Kier molecular flexibility index (Phi) is 3.00. The minimum absolute atomic E-state index is 0.174. The van der Waals surface area contributed by atoms with Crippen molar-refractivity contribution in [1.29, 1.82) is 0 Å². The van der Waals surface area contributed by atoms with Gasteiger partial charge in [-0.25, -0.2) is 3.93 Å². The zero-order valence-corrected chi connectivity index (χ0v) is 9.98. The van der Waals surface area contributed by atoms with Gasteiger partial charge in [0.1, 0.15) is 5.75 Å². The van der Waals surface area contributed by atoms with E-state index >= 15 is 0 Å². The molecule has 1 heterocycles. The molecular weight excluding hydrogens is 265 g/mol. The predicted molar refractivity (Wildman–Crippen MR) is 60.8 cm³/mol. The first-order chi connectivity index (χ1) is 6.66. The lowest BCUT2D eigenvalue weighted by molar-refractivity contribution is 0.469. The van der Waals surface area contributed by atoms with Crippen molar-refractivity contribution in [2.45, 2.75) is 19.4 Å². The largest absolute Gasteiger partial charge is 0.506 e. The molecule has 76 valence electrons. The number of hydrogen-bond donors (Lipinski definition) is 1. The second kappa shape index (κ2) is 4.09. The normalized spacial score (nSPS) is 17.6. The lowest BCUT2D eigenvalue weighted by atomic mass is 10.0. The van der Waals surface area contributed by atoms with Gasteiger partial charge >= 0.3 is 0 Å². The number of aromatic hydroxyl groups is 1. The smallest absolute Gasteiger partial charge is 0.134 e. The maximum Gasteiger partial charge on any atom is 0.134 e. The van der Waals surface area contributed by atoms with Gasteiger partial charge in [0.2, 0.25) is 0 Å². The fourth-order valence-electron chi connectivity index (χ4n) is 1.73. The molecule has 0 saturated carbocycles. The van der Waals surface area contributed by atoms with Crippen LogP contribution in [0, 0.1) is 0 Å². The lowest BCUT2D eigenvalue weighted by Gasteiger charge is -2.11. The average molecular weight is 277 g/mol. The highest BCUT2D eigenvalue weighted by Crippen LogP contribution is 2.30.